The maximum atomic E-state index is 15.8. The van der Waals surface area contributed by atoms with E-state index in [9.17, 15) is 111 Å². The van der Waals surface area contributed by atoms with Crippen LogP contribution in [0.2, 0.25) is 0 Å². The van der Waals surface area contributed by atoms with Gasteiger partial charge in [-0.15, -0.1) is 0 Å². The molecule has 0 radical (unpaired) electrons. The van der Waals surface area contributed by atoms with Crippen molar-refractivity contribution in [1.82, 2.24) is 9.13 Å². The van der Waals surface area contributed by atoms with Gasteiger partial charge >= 0.3 is 55.6 Å². The molecule has 100 heavy (non-hydrogen) atoms. The second-order valence-corrected chi connectivity index (χ2v) is 22.8. The van der Waals surface area contributed by atoms with E-state index in [4.69, 9.17) is 0 Å². The molecule has 514 valence electrons. The van der Waals surface area contributed by atoms with E-state index in [2.05, 4.69) is 0 Å². The van der Waals surface area contributed by atoms with Crippen LogP contribution in [0.5, 0.6) is 0 Å². The van der Waals surface area contributed by atoms with Crippen LogP contribution in [0.4, 0.5) is 119 Å². The first-order valence-electron chi connectivity index (χ1n) is 28.3. The van der Waals surface area contributed by atoms with Crippen LogP contribution in [-0.2, 0) is 55.6 Å². The summed E-state index contributed by atoms with van der Waals surface area (Å²) in [6, 6.07) is 19.9. The van der Waals surface area contributed by atoms with Crippen LogP contribution < -0.4 is 0 Å². The fourth-order valence-corrected chi connectivity index (χ4v) is 12.0. The number of fused-ring (bicyclic) bond motifs is 6. The van der Waals surface area contributed by atoms with Crippen molar-refractivity contribution in [2.45, 2.75) is 55.6 Å². The third-order valence-corrected chi connectivity index (χ3v) is 16.5. The van der Waals surface area contributed by atoms with Gasteiger partial charge in [0.25, 0.3) is 0 Å². The van der Waals surface area contributed by atoms with Crippen molar-refractivity contribution >= 4 is 43.6 Å². The minimum Gasteiger partial charge on any atom is -0.309 e. The number of rotatable bonds is 7. The summed E-state index contributed by atoms with van der Waals surface area (Å²) in [5, 5.41) is 10.9. The zero-order valence-electron chi connectivity index (χ0n) is 48.9. The molecule has 0 aliphatic carbocycles. The molecule has 30 heteroatoms. The van der Waals surface area contributed by atoms with Gasteiger partial charge in [-0.2, -0.15) is 124 Å². The topological polar surface area (TPSA) is 33.6 Å². The summed E-state index contributed by atoms with van der Waals surface area (Å²) in [6.07, 6.45) is -49.2. The van der Waals surface area contributed by atoms with Crippen LogP contribution in [0.15, 0.2) is 182 Å². The number of aromatic nitrogens is 2. The van der Waals surface area contributed by atoms with Crippen molar-refractivity contribution in [2.75, 3.05) is 0 Å². The fraction of sp³-hybridized carbons (Fsp3) is 0.129. The molecule has 0 N–H and O–H groups in total. The van der Waals surface area contributed by atoms with Gasteiger partial charge in [0, 0.05) is 27.1 Å². The number of halogens is 27. The molecule has 10 aromatic carbocycles. The quantitative estimate of drug-likeness (QED) is 0.146. The smallest absolute Gasteiger partial charge is 0.309 e. The van der Waals surface area contributed by atoms with E-state index in [1.807, 2.05) is 0 Å². The molecule has 0 amide bonds. The number of hydrogen-bond donors (Lipinski definition) is 0. The summed E-state index contributed by atoms with van der Waals surface area (Å²) in [5.41, 5.74) is -27.3. The molecule has 0 atom stereocenters. The lowest BCUT2D eigenvalue weighted by Crippen LogP contribution is -2.11. The number of hydrogen-bond acceptors (Lipinski definition) is 1. The lowest BCUT2D eigenvalue weighted by molar-refractivity contribution is -0.144. The first-order valence-corrected chi connectivity index (χ1v) is 28.3. The lowest BCUT2D eigenvalue weighted by atomic mass is 9.94. The average molecular weight is 1430 g/mol. The molecule has 0 spiro atoms. The summed E-state index contributed by atoms with van der Waals surface area (Å²) in [5.74, 6) is 0. The van der Waals surface area contributed by atoms with Gasteiger partial charge in [0.2, 0.25) is 0 Å². The Morgan fingerprint density at radius 1 is 0.230 bits per heavy atom. The van der Waals surface area contributed by atoms with Crippen molar-refractivity contribution in [3.05, 3.63) is 238 Å². The first kappa shape index (κ1) is 69.3. The fourth-order valence-electron chi connectivity index (χ4n) is 12.0. The van der Waals surface area contributed by atoms with Gasteiger partial charge in [0.1, 0.15) is 6.07 Å². The summed E-state index contributed by atoms with van der Waals surface area (Å²) >= 11 is 0. The van der Waals surface area contributed by atoms with E-state index in [0.717, 1.165) is 112 Å². The highest BCUT2D eigenvalue weighted by Crippen LogP contribution is 2.50. The molecule has 0 saturated heterocycles. The summed E-state index contributed by atoms with van der Waals surface area (Å²) < 4.78 is 395. The zero-order valence-corrected chi connectivity index (χ0v) is 48.9. The third kappa shape index (κ3) is 13.0. The summed E-state index contributed by atoms with van der Waals surface area (Å²) in [7, 11) is 0. The van der Waals surface area contributed by atoms with Gasteiger partial charge in [-0.05, 0) is 165 Å². The molecule has 0 aliphatic rings. The van der Waals surface area contributed by atoms with E-state index in [1.165, 1.54) is 0 Å². The Balaban J connectivity index is 1.25. The molecule has 0 saturated carbocycles. The van der Waals surface area contributed by atoms with Crippen LogP contribution in [0.25, 0.3) is 111 Å². The number of alkyl halides is 27. The standard InChI is InChI=1S/C70H30F27N3/c71-62(72,73)41-13-36(14-42(26-41)63(74,75)76)32-5-9-50-51-10-6-33(37-15-43(64(77,78)79)27-44(16-37)65(80,81)82)22-58(51)99(57(50)21-32)56-30-54(49-3-1-2-4-55(49)70(95,96)97)61(25-40(56)31-98)100-59-23-34(38-17-45(66(83,84)85)28-46(18-38)67(86,87)88)7-11-52(59)53-12-8-35(24-60(53)100)39-19-47(68(89,90)91)29-48(20-39)69(92,93)94/h1-30H. The molecule has 0 unspecified atom stereocenters. The molecular weight excluding hydrogens is 1400 g/mol. The molecule has 3 nitrogen and oxygen atoms in total. The number of benzene rings is 10. The molecule has 0 fully saturated rings. The number of nitriles is 1. The molecule has 2 heterocycles. The van der Waals surface area contributed by atoms with Gasteiger partial charge in [-0.3, -0.25) is 0 Å². The average Bonchev–Trinajstić information content (AvgIpc) is 1.54. The Kier molecular flexibility index (Phi) is 16.1. The Morgan fingerprint density at radius 3 is 0.720 bits per heavy atom. The molecular formula is C70H30F27N3. The largest absolute Gasteiger partial charge is 0.417 e. The Hall–Kier alpha value is -10.6. The molecule has 2 aromatic heterocycles. The predicted molar refractivity (Wildman–Crippen MR) is 312 cm³/mol. The Morgan fingerprint density at radius 2 is 0.480 bits per heavy atom. The third-order valence-electron chi connectivity index (χ3n) is 16.5. The Bertz CT molecular complexity index is 4970. The van der Waals surface area contributed by atoms with Crippen LogP contribution >= 0.6 is 0 Å². The Labute approximate surface area is 541 Å². The van der Waals surface area contributed by atoms with Crippen molar-refractivity contribution in [1.29, 1.82) is 5.26 Å². The van der Waals surface area contributed by atoms with Crippen LogP contribution in [-0.4, -0.2) is 9.13 Å². The van der Waals surface area contributed by atoms with Gasteiger partial charge in [-0.25, -0.2) is 0 Å². The second kappa shape index (κ2) is 23.3. The van der Waals surface area contributed by atoms with Crippen LogP contribution in [0.1, 0.15) is 55.6 Å². The first-order chi connectivity index (χ1) is 46.2. The van der Waals surface area contributed by atoms with Crippen molar-refractivity contribution < 1.29 is 119 Å². The lowest BCUT2D eigenvalue weighted by Gasteiger charge is -2.21. The summed E-state index contributed by atoms with van der Waals surface area (Å²) in [6.45, 7) is 0. The summed E-state index contributed by atoms with van der Waals surface area (Å²) in [4.78, 5) is 0. The maximum Gasteiger partial charge on any atom is 0.417 e. The van der Waals surface area contributed by atoms with Crippen molar-refractivity contribution in [2.24, 2.45) is 0 Å². The number of nitrogens with zero attached hydrogens (tertiary/aromatic N) is 3. The van der Waals surface area contributed by atoms with E-state index in [1.54, 1.807) is 6.07 Å². The van der Waals surface area contributed by atoms with Gasteiger partial charge in [0.15, 0.2) is 0 Å². The molecule has 12 rings (SSSR count). The highest BCUT2D eigenvalue weighted by atomic mass is 19.4. The minimum atomic E-state index is -5.47. The van der Waals surface area contributed by atoms with Crippen molar-refractivity contribution in [3.8, 4) is 73.1 Å². The molecule has 12 aromatic rings. The molecule has 0 aliphatic heterocycles. The van der Waals surface area contributed by atoms with Gasteiger partial charge < -0.3 is 9.13 Å². The van der Waals surface area contributed by atoms with Gasteiger partial charge in [-0.1, -0.05) is 66.7 Å². The van der Waals surface area contributed by atoms with Crippen molar-refractivity contribution in [3.63, 3.8) is 0 Å². The van der Waals surface area contributed by atoms with Crippen LogP contribution in [0.3, 0.4) is 0 Å². The van der Waals surface area contributed by atoms with E-state index >= 15 is 13.2 Å². The van der Waals surface area contributed by atoms with E-state index < -0.39 is 200 Å². The van der Waals surface area contributed by atoms with Crippen LogP contribution in [0, 0.1) is 11.3 Å². The highest BCUT2D eigenvalue weighted by molar-refractivity contribution is 6.13. The predicted octanol–water partition coefficient (Wildman–Crippen LogP) is 25.3. The molecule has 0 bridgehead atoms. The minimum absolute atomic E-state index is 0.132. The highest BCUT2D eigenvalue weighted by Gasteiger charge is 2.43. The normalized spacial score (nSPS) is 13.3. The monoisotopic (exact) mass is 1430 g/mol. The SMILES string of the molecule is N#Cc1cc(-n2c3cc(-c4cc(C(F)(F)F)cc(C(F)(F)F)c4)ccc3c3ccc(-c4cc(C(F)(F)F)cc(C(F)(F)F)c4)cc32)c(-c2ccccc2C(F)(F)F)cc1-n1c2cc(-c3cc(C(F)(F)F)cc(C(F)(F)F)c3)ccc2c2ccc(-c3cc(C(F)(F)F)cc(C(F)(F)F)c3)cc21. The van der Waals surface area contributed by atoms with Gasteiger partial charge in [0.05, 0.1) is 89.1 Å². The maximum absolute atomic E-state index is 15.8. The van der Waals surface area contributed by atoms with E-state index in [0.29, 0.717) is 30.3 Å². The zero-order chi connectivity index (χ0) is 72.9. The second-order valence-electron chi connectivity index (χ2n) is 22.8. The van der Waals surface area contributed by atoms with E-state index in [-0.39, 0.29) is 70.1 Å².